The molecule has 0 saturated heterocycles. The molecule has 0 atom stereocenters. The second-order valence-corrected chi connectivity index (χ2v) is 7.03. The molecule has 0 radical (unpaired) electrons. The van der Waals surface area contributed by atoms with Crippen LogP contribution in [0.15, 0.2) is 59.1 Å². The van der Waals surface area contributed by atoms with Crippen LogP contribution in [0.4, 0.5) is 0 Å². The van der Waals surface area contributed by atoms with Gasteiger partial charge in [0.15, 0.2) is 11.5 Å². The largest absolute Gasteiger partial charge is 0.493 e. The van der Waals surface area contributed by atoms with Crippen LogP contribution in [0.2, 0.25) is 0 Å². The van der Waals surface area contributed by atoms with E-state index in [9.17, 15) is 4.79 Å². The van der Waals surface area contributed by atoms with E-state index < -0.39 is 0 Å². The van der Waals surface area contributed by atoms with Gasteiger partial charge in [0.2, 0.25) is 0 Å². The van der Waals surface area contributed by atoms with Gasteiger partial charge in [-0.15, -0.1) is 11.3 Å². The SMILES string of the molecule is COc1ccc(-c2[nH]ncc2/C=N/NC(=O)c2csc3ccccc23)cc1OC. The van der Waals surface area contributed by atoms with Gasteiger partial charge in [-0.1, -0.05) is 18.2 Å². The Morgan fingerprint density at radius 3 is 2.83 bits per heavy atom. The first kappa shape index (κ1) is 18.7. The minimum absolute atomic E-state index is 0.255. The number of H-pyrrole nitrogens is 1. The number of fused-ring (bicyclic) bond motifs is 1. The number of carbonyl (C=O) groups is 1. The summed E-state index contributed by atoms with van der Waals surface area (Å²) in [6.07, 6.45) is 3.20. The predicted octanol–water partition coefficient (Wildman–Crippen LogP) is 4.07. The van der Waals surface area contributed by atoms with E-state index >= 15 is 0 Å². The summed E-state index contributed by atoms with van der Waals surface area (Å²) in [6, 6.07) is 13.3. The van der Waals surface area contributed by atoms with Crippen molar-refractivity contribution in [2.45, 2.75) is 0 Å². The van der Waals surface area contributed by atoms with Crippen LogP contribution in [-0.2, 0) is 0 Å². The summed E-state index contributed by atoms with van der Waals surface area (Å²) in [6.45, 7) is 0. The lowest BCUT2D eigenvalue weighted by atomic mass is 10.1. The van der Waals surface area contributed by atoms with Crippen LogP contribution in [0.3, 0.4) is 0 Å². The molecule has 0 fully saturated rings. The molecule has 29 heavy (non-hydrogen) atoms. The normalized spacial score (nSPS) is 11.1. The number of thiophene rings is 1. The molecular weight excluding hydrogens is 388 g/mol. The number of aromatic amines is 1. The van der Waals surface area contributed by atoms with Crippen LogP contribution >= 0.6 is 11.3 Å². The Bertz CT molecular complexity index is 1200. The zero-order chi connectivity index (χ0) is 20.2. The number of hydrogen-bond acceptors (Lipinski definition) is 6. The monoisotopic (exact) mass is 406 g/mol. The van der Waals surface area contributed by atoms with Crippen LogP contribution in [0.1, 0.15) is 15.9 Å². The Kier molecular flexibility index (Phi) is 5.26. The Morgan fingerprint density at radius 2 is 2.00 bits per heavy atom. The molecule has 1 amide bonds. The lowest BCUT2D eigenvalue weighted by molar-refractivity contribution is 0.0957. The first-order chi connectivity index (χ1) is 14.2. The van der Waals surface area contributed by atoms with Gasteiger partial charge in [-0.25, -0.2) is 5.43 Å². The highest BCUT2D eigenvalue weighted by Gasteiger charge is 2.12. The van der Waals surface area contributed by atoms with Gasteiger partial charge in [-0.2, -0.15) is 10.2 Å². The van der Waals surface area contributed by atoms with Crippen molar-refractivity contribution in [3.05, 3.63) is 65.2 Å². The van der Waals surface area contributed by atoms with Gasteiger partial charge in [-0.3, -0.25) is 9.89 Å². The fourth-order valence-corrected chi connectivity index (χ4v) is 3.93. The van der Waals surface area contributed by atoms with Crippen molar-refractivity contribution in [2.24, 2.45) is 5.10 Å². The van der Waals surface area contributed by atoms with Crippen molar-refractivity contribution in [1.29, 1.82) is 0 Å². The number of rotatable bonds is 6. The summed E-state index contributed by atoms with van der Waals surface area (Å²) in [4.78, 5) is 12.5. The number of benzene rings is 2. The molecule has 0 unspecified atom stereocenters. The smallest absolute Gasteiger partial charge is 0.272 e. The minimum atomic E-state index is -0.255. The Labute approximate surface area is 171 Å². The summed E-state index contributed by atoms with van der Waals surface area (Å²) in [7, 11) is 3.17. The number of hydrazone groups is 1. The van der Waals surface area contributed by atoms with E-state index in [0.717, 1.165) is 26.9 Å². The van der Waals surface area contributed by atoms with Crippen LogP contribution in [0.25, 0.3) is 21.3 Å². The average Bonchev–Trinajstić information content (AvgIpc) is 3.40. The maximum absolute atomic E-state index is 12.5. The minimum Gasteiger partial charge on any atom is -0.493 e. The second kappa shape index (κ2) is 8.15. The first-order valence-electron chi connectivity index (χ1n) is 8.76. The number of ether oxygens (including phenoxy) is 2. The van der Waals surface area contributed by atoms with Crippen molar-refractivity contribution >= 4 is 33.5 Å². The van der Waals surface area contributed by atoms with E-state index in [4.69, 9.17) is 9.47 Å². The Hall–Kier alpha value is -3.65. The maximum Gasteiger partial charge on any atom is 0.272 e. The summed E-state index contributed by atoms with van der Waals surface area (Å²) in [5, 5.41) is 13.9. The molecule has 0 aliphatic rings. The third-order valence-corrected chi connectivity index (χ3v) is 5.40. The Morgan fingerprint density at radius 1 is 1.17 bits per heavy atom. The quantitative estimate of drug-likeness (QED) is 0.373. The molecule has 0 aliphatic carbocycles. The number of nitrogens with one attached hydrogen (secondary N) is 2. The fraction of sp³-hybridized carbons (Fsp3) is 0.0952. The van der Waals surface area contributed by atoms with Gasteiger partial charge in [0.1, 0.15) is 0 Å². The fourth-order valence-electron chi connectivity index (χ4n) is 2.99. The number of aromatic nitrogens is 2. The zero-order valence-electron chi connectivity index (χ0n) is 15.8. The van der Waals surface area contributed by atoms with Crippen molar-refractivity contribution in [3.8, 4) is 22.8 Å². The average molecular weight is 406 g/mol. The first-order valence-corrected chi connectivity index (χ1v) is 9.64. The highest BCUT2D eigenvalue weighted by Crippen LogP contribution is 2.32. The van der Waals surface area contributed by atoms with E-state index in [1.165, 1.54) is 11.3 Å². The van der Waals surface area contributed by atoms with Crippen molar-refractivity contribution in [2.75, 3.05) is 14.2 Å². The molecule has 0 saturated carbocycles. The van der Waals surface area contributed by atoms with Crippen molar-refractivity contribution in [1.82, 2.24) is 15.6 Å². The lowest BCUT2D eigenvalue weighted by Gasteiger charge is -2.09. The topological polar surface area (TPSA) is 88.6 Å². The molecule has 2 heterocycles. The van der Waals surface area contributed by atoms with E-state index in [-0.39, 0.29) is 5.91 Å². The molecule has 2 aromatic carbocycles. The lowest BCUT2D eigenvalue weighted by Crippen LogP contribution is -2.17. The number of amides is 1. The van der Waals surface area contributed by atoms with Crippen molar-refractivity contribution in [3.63, 3.8) is 0 Å². The van der Waals surface area contributed by atoms with Gasteiger partial charge in [0, 0.05) is 26.6 Å². The molecule has 8 heteroatoms. The van der Waals surface area contributed by atoms with E-state index in [1.807, 2.05) is 47.8 Å². The molecule has 4 aromatic rings. The third kappa shape index (κ3) is 3.70. The number of nitrogens with zero attached hydrogens (tertiary/aromatic N) is 2. The Balaban J connectivity index is 1.53. The molecule has 0 bridgehead atoms. The van der Waals surface area contributed by atoms with Gasteiger partial charge in [0.25, 0.3) is 5.91 Å². The molecule has 146 valence electrons. The highest BCUT2D eigenvalue weighted by atomic mass is 32.1. The zero-order valence-corrected chi connectivity index (χ0v) is 16.6. The summed E-state index contributed by atoms with van der Waals surface area (Å²) in [5.41, 5.74) is 5.53. The van der Waals surface area contributed by atoms with Gasteiger partial charge in [-0.05, 0) is 24.3 Å². The summed E-state index contributed by atoms with van der Waals surface area (Å²) >= 11 is 1.53. The molecule has 0 spiro atoms. The molecule has 2 N–H and O–H groups in total. The maximum atomic E-state index is 12.5. The van der Waals surface area contributed by atoms with Gasteiger partial charge >= 0.3 is 0 Å². The van der Waals surface area contributed by atoms with Crippen LogP contribution in [-0.4, -0.2) is 36.5 Å². The van der Waals surface area contributed by atoms with Gasteiger partial charge in [0.05, 0.1) is 37.9 Å². The number of carbonyl (C=O) groups excluding carboxylic acids is 1. The highest BCUT2D eigenvalue weighted by molar-refractivity contribution is 7.17. The third-order valence-electron chi connectivity index (χ3n) is 4.44. The van der Waals surface area contributed by atoms with Gasteiger partial charge < -0.3 is 9.47 Å². The predicted molar refractivity (Wildman–Crippen MR) is 114 cm³/mol. The molecule has 2 aromatic heterocycles. The number of methoxy groups -OCH3 is 2. The van der Waals surface area contributed by atoms with Crippen molar-refractivity contribution < 1.29 is 14.3 Å². The van der Waals surface area contributed by atoms with E-state index in [2.05, 4.69) is 20.7 Å². The number of hydrogen-bond donors (Lipinski definition) is 2. The second-order valence-electron chi connectivity index (χ2n) is 6.11. The van der Waals surface area contributed by atoms with Crippen LogP contribution in [0, 0.1) is 0 Å². The van der Waals surface area contributed by atoms with E-state index in [0.29, 0.717) is 17.1 Å². The summed E-state index contributed by atoms with van der Waals surface area (Å²) in [5.74, 6) is 0.997. The molecular formula is C21H18N4O3S. The summed E-state index contributed by atoms with van der Waals surface area (Å²) < 4.78 is 11.7. The molecule has 0 aliphatic heterocycles. The molecule has 4 rings (SSSR count). The molecule has 7 nitrogen and oxygen atoms in total. The standard InChI is InChI=1S/C21H18N4O3S/c1-27-17-8-7-13(9-18(17)28-2)20-14(10-22-24-20)11-23-25-21(26)16-12-29-19-6-4-3-5-15(16)19/h3-12H,1-2H3,(H,22,24)(H,25,26)/b23-11+. The van der Waals surface area contributed by atoms with Crippen LogP contribution in [0.5, 0.6) is 11.5 Å². The van der Waals surface area contributed by atoms with E-state index in [1.54, 1.807) is 26.6 Å². The van der Waals surface area contributed by atoms with Crippen LogP contribution < -0.4 is 14.9 Å².